The van der Waals surface area contributed by atoms with Gasteiger partial charge in [0.25, 0.3) is 0 Å². The Labute approximate surface area is 161 Å². The lowest BCUT2D eigenvalue weighted by Gasteiger charge is -2.12. The van der Waals surface area contributed by atoms with Crippen molar-refractivity contribution < 1.29 is 8.95 Å². The SMILES string of the molecule is COc1ccc(Cl)cc1NC[C@@H]1C(c2ccc(S(=O)NN)cc2)C1(C)C. The minimum Gasteiger partial charge on any atom is -0.495 e. The van der Waals surface area contributed by atoms with Crippen molar-refractivity contribution in [2.45, 2.75) is 24.7 Å². The fraction of sp³-hybridized carbons (Fsp3) is 0.368. The van der Waals surface area contributed by atoms with Crippen molar-refractivity contribution in [3.8, 4) is 5.75 Å². The summed E-state index contributed by atoms with van der Waals surface area (Å²) in [7, 11) is 0.288. The van der Waals surface area contributed by atoms with Gasteiger partial charge in [-0.3, -0.25) is 5.84 Å². The minimum absolute atomic E-state index is 0.186. The standard InChI is InChI=1S/C19H24ClN3O2S/c1-19(2)15(11-22-16-10-13(20)6-9-17(16)25-3)18(19)12-4-7-14(8-5-12)26(24)23-21/h4-10,15,18,22-23H,11,21H2,1-3H3/t15-,18?,26?/m1/s1. The van der Waals surface area contributed by atoms with E-state index in [9.17, 15) is 4.21 Å². The number of benzene rings is 2. The predicted molar refractivity (Wildman–Crippen MR) is 107 cm³/mol. The molecule has 1 saturated carbocycles. The van der Waals surface area contributed by atoms with E-state index in [1.807, 2.05) is 42.5 Å². The molecule has 0 spiro atoms. The molecule has 0 saturated heterocycles. The molecule has 3 atom stereocenters. The van der Waals surface area contributed by atoms with Crippen LogP contribution in [-0.4, -0.2) is 17.9 Å². The molecule has 26 heavy (non-hydrogen) atoms. The predicted octanol–water partition coefficient (Wildman–Crippen LogP) is 3.69. The minimum atomic E-state index is -1.36. The molecule has 2 unspecified atom stereocenters. The molecular formula is C19H24ClN3O2S. The average Bonchev–Trinajstić information content (AvgIpc) is 3.20. The van der Waals surface area contributed by atoms with Crippen molar-refractivity contribution in [1.82, 2.24) is 4.83 Å². The molecule has 0 bridgehead atoms. The Kier molecular flexibility index (Phi) is 5.58. The molecule has 0 aromatic heterocycles. The second-order valence-electron chi connectivity index (χ2n) is 7.09. The van der Waals surface area contributed by atoms with Gasteiger partial charge in [-0.15, -0.1) is 0 Å². The van der Waals surface area contributed by atoms with Crippen molar-refractivity contribution in [1.29, 1.82) is 0 Å². The van der Waals surface area contributed by atoms with Gasteiger partial charge in [0.1, 0.15) is 16.7 Å². The van der Waals surface area contributed by atoms with Crippen LogP contribution < -0.4 is 20.7 Å². The molecule has 3 rings (SSSR count). The molecule has 140 valence electrons. The molecule has 2 aromatic rings. The number of ether oxygens (including phenoxy) is 1. The van der Waals surface area contributed by atoms with Crippen LogP contribution in [0, 0.1) is 11.3 Å². The monoisotopic (exact) mass is 393 g/mol. The van der Waals surface area contributed by atoms with Crippen LogP contribution in [0.5, 0.6) is 5.75 Å². The van der Waals surface area contributed by atoms with Crippen LogP contribution >= 0.6 is 11.6 Å². The zero-order chi connectivity index (χ0) is 18.9. The topological polar surface area (TPSA) is 76.4 Å². The molecule has 2 aromatic carbocycles. The average molecular weight is 394 g/mol. The number of anilines is 1. The summed E-state index contributed by atoms with van der Waals surface area (Å²) in [6.07, 6.45) is 0. The zero-order valence-corrected chi connectivity index (χ0v) is 16.7. The second-order valence-corrected chi connectivity index (χ2v) is 8.77. The van der Waals surface area contributed by atoms with E-state index in [0.29, 0.717) is 21.8 Å². The summed E-state index contributed by atoms with van der Waals surface area (Å²) in [5.41, 5.74) is 2.34. The van der Waals surface area contributed by atoms with E-state index < -0.39 is 11.0 Å². The summed E-state index contributed by atoms with van der Waals surface area (Å²) in [4.78, 5) is 2.94. The number of halogens is 1. The van der Waals surface area contributed by atoms with Crippen molar-refractivity contribution in [3.05, 3.63) is 53.1 Å². The van der Waals surface area contributed by atoms with Crippen LogP contribution in [-0.2, 0) is 11.0 Å². The van der Waals surface area contributed by atoms with Crippen LogP contribution in [0.1, 0.15) is 25.3 Å². The molecule has 7 heteroatoms. The smallest absolute Gasteiger partial charge is 0.142 e. The Bertz CT molecular complexity index is 811. The van der Waals surface area contributed by atoms with Crippen LogP contribution in [0.15, 0.2) is 47.4 Å². The van der Waals surface area contributed by atoms with Gasteiger partial charge in [-0.1, -0.05) is 37.6 Å². The summed E-state index contributed by atoms with van der Waals surface area (Å²) >= 11 is 6.10. The molecule has 0 radical (unpaired) electrons. The third-order valence-electron chi connectivity index (χ3n) is 5.28. The van der Waals surface area contributed by atoms with Gasteiger partial charge in [-0.25, -0.2) is 4.21 Å². The Hall–Kier alpha value is -1.60. The number of hydrogen-bond donors (Lipinski definition) is 3. The first-order chi connectivity index (χ1) is 12.4. The van der Waals surface area contributed by atoms with E-state index >= 15 is 0 Å². The lowest BCUT2D eigenvalue weighted by Crippen LogP contribution is -2.24. The molecule has 0 amide bonds. The van der Waals surface area contributed by atoms with Gasteiger partial charge in [0.05, 0.1) is 17.7 Å². The molecule has 1 aliphatic rings. The maximum Gasteiger partial charge on any atom is 0.142 e. The molecule has 1 fully saturated rings. The number of nitrogens with two attached hydrogens (primary N) is 1. The van der Waals surface area contributed by atoms with E-state index in [1.54, 1.807) is 7.11 Å². The highest BCUT2D eigenvalue weighted by Crippen LogP contribution is 2.64. The summed E-state index contributed by atoms with van der Waals surface area (Å²) in [6.45, 7) is 5.37. The summed E-state index contributed by atoms with van der Waals surface area (Å²) in [6, 6.07) is 13.4. The Morgan fingerprint density at radius 3 is 2.54 bits per heavy atom. The van der Waals surface area contributed by atoms with Crippen LogP contribution in [0.4, 0.5) is 5.69 Å². The van der Waals surface area contributed by atoms with Gasteiger partial charge in [0, 0.05) is 11.6 Å². The fourth-order valence-corrected chi connectivity index (χ4v) is 4.38. The highest BCUT2D eigenvalue weighted by atomic mass is 35.5. The van der Waals surface area contributed by atoms with Gasteiger partial charge in [-0.2, -0.15) is 4.83 Å². The largest absolute Gasteiger partial charge is 0.495 e. The second kappa shape index (κ2) is 7.56. The number of nitrogens with one attached hydrogen (secondary N) is 2. The highest BCUT2D eigenvalue weighted by Gasteiger charge is 2.57. The summed E-state index contributed by atoms with van der Waals surface area (Å²) < 4.78 is 17.1. The molecule has 1 aliphatic carbocycles. The molecule has 0 heterocycles. The summed E-state index contributed by atoms with van der Waals surface area (Å²) in [5.74, 6) is 6.93. The van der Waals surface area contributed by atoms with E-state index in [4.69, 9.17) is 22.2 Å². The lowest BCUT2D eigenvalue weighted by molar-refractivity contribution is 0.416. The molecule has 0 aliphatic heterocycles. The number of hydrogen-bond acceptors (Lipinski definition) is 4. The van der Waals surface area contributed by atoms with Gasteiger partial charge in [-0.05, 0) is 53.1 Å². The zero-order valence-electron chi connectivity index (χ0n) is 15.1. The number of hydrazine groups is 1. The number of methoxy groups -OCH3 is 1. The normalized spacial score (nSPS) is 21.9. The first kappa shape index (κ1) is 19.2. The van der Waals surface area contributed by atoms with Crippen molar-refractivity contribution in [2.75, 3.05) is 19.0 Å². The van der Waals surface area contributed by atoms with Crippen LogP contribution in [0.25, 0.3) is 0 Å². The van der Waals surface area contributed by atoms with E-state index in [0.717, 1.165) is 18.0 Å². The van der Waals surface area contributed by atoms with Crippen molar-refractivity contribution in [3.63, 3.8) is 0 Å². The lowest BCUT2D eigenvalue weighted by atomic mass is 10.0. The Morgan fingerprint density at radius 1 is 1.23 bits per heavy atom. The molecule has 4 N–H and O–H groups in total. The van der Waals surface area contributed by atoms with Crippen LogP contribution in [0.2, 0.25) is 5.02 Å². The van der Waals surface area contributed by atoms with Gasteiger partial charge in [0.15, 0.2) is 0 Å². The first-order valence-corrected chi connectivity index (χ1v) is 9.96. The van der Waals surface area contributed by atoms with Crippen molar-refractivity contribution in [2.24, 2.45) is 17.2 Å². The fourth-order valence-electron chi connectivity index (χ4n) is 3.69. The molecule has 5 nitrogen and oxygen atoms in total. The highest BCUT2D eigenvalue weighted by molar-refractivity contribution is 7.83. The van der Waals surface area contributed by atoms with Crippen LogP contribution in [0.3, 0.4) is 0 Å². The van der Waals surface area contributed by atoms with E-state index in [2.05, 4.69) is 24.0 Å². The van der Waals surface area contributed by atoms with Gasteiger partial charge >= 0.3 is 0 Å². The number of rotatable bonds is 7. The third kappa shape index (κ3) is 3.74. The van der Waals surface area contributed by atoms with Gasteiger partial charge < -0.3 is 10.1 Å². The maximum absolute atomic E-state index is 11.7. The Morgan fingerprint density at radius 2 is 1.92 bits per heavy atom. The van der Waals surface area contributed by atoms with Gasteiger partial charge in [0.2, 0.25) is 0 Å². The third-order valence-corrected chi connectivity index (χ3v) is 6.43. The quantitative estimate of drug-likeness (QED) is 0.495. The van der Waals surface area contributed by atoms with E-state index in [1.165, 1.54) is 5.56 Å². The van der Waals surface area contributed by atoms with Crippen molar-refractivity contribution >= 4 is 28.3 Å². The maximum atomic E-state index is 11.7. The first-order valence-electron chi connectivity index (χ1n) is 8.44. The molecular weight excluding hydrogens is 370 g/mol. The van der Waals surface area contributed by atoms with E-state index in [-0.39, 0.29) is 5.41 Å². The Balaban J connectivity index is 1.70. The summed E-state index contributed by atoms with van der Waals surface area (Å²) in [5, 5.41) is 4.15.